The lowest BCUT2D eigenvalue weighted by atomic mass is 9.97. The lowest BCUT2D eigenvalue weighted by Crippen LogP contribution is -2.44. The number of aryl methyl sites for hydroxylation is 1. The Kier molecular flexibility index (Phi) is 6.51. The summed E-state index contributed by atoms with van der Waals surface area (Å²) in [5.74, 6) is -2.33. The second-order valence-corrected chi connectivity index (χ2v) is 9.37. The molecule has 0 saturated heterocycles. The SMILES string of the molecule is Cc1ccc(-c2ccc3c(c2)C(=O)N(C(C(=O)O)c2ccccc2)C(c2ccc(Cl)cc2)C(=O)N3)cc1. The topological polar surface area (TPSA) is 86.7 Å². The maximum Gasteiger partial charge on any atom is 0.331 e. The van der Waals surface area contributed by atoms with Gasteiger partial charge in [0.2, 0.25) is 0 Å². The van der Waals surface area contributed by atoms with E-state index in [1.807, 2.05) is 37.3 Å². The van der Waals surface area contributed by atoms with Crippen molar-refractivity contribution in [3.8, 4) is 11.1 Å². The van der Waals surface area contributed by atoms with E-state index in [0.29, 0.717) is 21.8 Å². The predicted octanol–water partition coefficient (Wildman–Crippen LogP) is 6.28. The highest BCUT2D eigenvalue weighted by Gasteiger charge is 2.43. The number of carbonyl (C=O) groups excluding carboxylic acids is 2. The second kappa shape index (κ2) is 9.91. The average molecular weight is 511 g/mol. The minimum absolute atomic E-state index is 0.213. The minimum Gasteiger partial charge on any atom is -0.479 e. The predicted molar refractivity (Wildman–Crippen MR) is 142 cm³/mol. The van der Waals surface area contributed by atoms with Crippen LogP contribution in [0.4, 0.5) is 5.69 Å². The number of nitrogens with zero attached hydrogens (tertiary/aromatic N) is 1. The summed E-state index contributed by atoms with van der Waals surface area (Å²) in [6, 6.07) is 25.4. The third kappa shape index (κ3) is 4.71. The van der Waals surface area contributed by atoms with Crippen LogP contribution in [0.15, 0.2) is 97.1 Å². The lowest BCUT2D eigenvalue weighted by Gasteiger charge is -2.34. The number of rotatable bonds is 5. The summed E-state index contributed by atoms with van der Waals surface area (Å²) in [6.45, 7) is 1.99. The molecule has 1 heterocycles. The number of hydrogen-bond acceptors (Lipinski definition) is 3. The Hall–Kier alpha value is -4.42. The number of amides is 2. The molecular weight excluding hydrogens is 488 g/mol. The second-order valence-electron chi connectivity index (χ2n) is 8.93. The molecule has 0 radical (unpaired) electrons. The molecule has 2 unspecified atom stereocenters. The van der Waals surface area contributed by atoms with Gasteiger partial charge in [0.15, 0.2) is 6.04 Å². The standard InChI is InChI=1S/C30H23ClN2O4/c1-18-7-9-19(10-8-18)22-13-16-25-24(17-22)29(35)33(27(30(36)37)20-5-3-2-4-6-20)26(28(34)32-25)21-11-14-23(31)15-12-21/h2-17,26-27H,1H3,(H,32,34)(H,36,37). The molecule has 0 bridgehead atoms. The van der Waals surface area contributed by atoms with Crippen molar-refractivity contribution in [1.29, 1.82) is 0 Å². The zero-order chi connectivity index (χ0) is 26.1. The van der Waals surface area contributed by atoms with Crippen molar-refractivity contribution >= 4 is 35.1 Å². The summed E-state index contributed by atoms with van der Waals surface area (Å²) in [5, 5.41) is 13.7. The summed E-state index contributed by atoms with van der Waals surface area (Å²) in [6.07, 6.45) is 0. The smallest absolute Gasteiger partial charge is 0.331 e. The van der Waals surface area contributed by atoms with Crippen molar-refractivity contribution in [3.63, 3.8) is 0 Å². The van der Waals surface area contributed by atoms with Gasteiger partial charge >= 0.3 is 5.97 Å². The van der Waals surface area contributed by atoms with Crippen LogP contribution in [0, 0.1) is 6.92 Å². The molecule has 1 aliphatic heterocycles. The number of halogens is 1. The minimum atomic E-state index is -1.41. The number of carboxylic acid groups (broad SMARTS) is 1. The maximum absolute atomic E-state index is 14.2. The van der Waals surface area contributed by atoms with Crippen molar-refractivity contribution in [2.45, 2.75) is 19.0 Å². The summed E-state index contributed by atoms with van der Waals surface area (Å²) in [4.78, 5) is 41.7. The fourth-order valence-corrected chi connectivity index (χ4v) is 4.75. The summed E-state index contributed by atoms with van der Waals surface area (Å²) < 4.78 is 0. The molecule has 2 N–H and O–H groups in total. The van der Waals surface area contributed by atoms with E-state index >= 15 is 0 Å². The van der Waals surface area contributed by atoms with Crippen LogP contribution < -0.4 is 5.32 Å². The van der Waals surface area contributed by atoms with E-state index in [4.69, 9.17) is 11.6 Å². The molecule has 4 aromatic rings. The van der Waals surface area contributed by atoms with Crippen LogP contribution in [0.2, 0.25) is 5.02 Å². The number of nitrogens with one attached hydrogen (secondary N) is 1. The molecule has 37 heavy (non-hydrogen) atoms. The summed E-state index contributed by atoms with van der Waals surface area (Å²) in [7, 11) is 0. The van der Waals surface area contributed by atoms with Crippen molar-refractivity contribution in [1.82, 2.24) is 4.90 Å². The first-order valence-electron chi connectivity index (χ1n) is 11.7. The first-order chi connectivity index (χ1) is 17.8. The van der Waals surface area contributed by atoms with E-state index in [9.17, 15) is 19.5 Å². The zero-order valence-electron chi connectivity index (χ0n) is 19.9. The van der Waals surface area contributed by atoms with Gasteiger partial charge in [0, 0.05) is 5.02 Å². The molecule has 0 aliphatic carbocycles. The van der Waals surface area contributed by atoms with Gasteiger partial charge in [0.25, 0.3) is 11.8 Å². The molecule has 0 aromatic heterocycles. The van der Waals surface area contributed by atoms with Crippen molar-refractivity contribution in [3.05, 3.63) is 124 Å². The number of aliphatic carboxylic acids is 1. The van der Waals surface area contributed by atoms with E-state index in [1.54, 1.807) is 66.7 Å². The van der Waals surface area contributed by atoms with Crippen molar-refractivity contribution in [2.75, 3.05) is 5.32 Å². The molecule has 2 atom stereocenters. The Morgan fingerprint density at radius 1 is 0.892 bits per heavy atom. The van der Waals surface area contributed by atoms with Gasteiger partial charge in [-0.25, -0.2) is 4.79 Å². The molecule has 0 fully saturated rings. The molecule has 0 saturated carbocycles. The fourth-order valence-electron chi connectivity index (χ4n) is 4.62. The van der Waals surface area contributed by atoms with Crippen LogP contribution in [0.1, 0.15) is 39.1 Å². The molecule has 1 aliphatic rings. The number of hydrogen-bond donors (Lipinski definition) is 2. The average Bonchev–Trinajstić information content (AvgIpc) is 2.99. The van der Waals surface area contributed by atoms with Gasteiger partial charge in [-0.3, -0.25) is 9.59 Å². The Morgan fingerprint density at radius 3 is 2.19 bits per heavy atom. The highest BCUT2D eigenvalue weighted by Crippen LogP contribution is 2.39. The molecule has 7 heteroatoms. The van der Waals surface area contributed by atoms with Crippen LogP contribution in [0.25, 0.3) is 11.1 Å². The molecule has 184 valence electrons. The maximum atomic E-state index is 14.2. The Balaban J connectivity index is 1.70. The van der Waals surface area contributed by atoms with Crippen LogP contribution in [-0.4, -0.2) is 27.8 Å². The highest BCUT2D eigenvalue weighted by atomic mass is 35.5. The van der Waals surface area contributed by atoms with Crippen LogP contribution in [0.3, 0.4) is 0 Å². The highest BCUT2D eigenvalue weighted by molar-refractivity contribution is 6.30. The largest absolute Gasteiger partial charge is 0.479 e. The van der Waals surface area contributed by atoms with Crippen LogP contribution in [0.5, 0.6) is 0 Å². The number of anilines is 1. The van der Waals surface area contributed by atoms with Gasteiger partial charge in [-0.05, 0) is 53.4 Å². The Morgan fingerprint density at radius 2 is 1.54 bits per heavy atom. The van der Waals surface area contributed by atoms with Gasteiger partial charge < -0.3 is 15.3 Å². The molecule has 4 aromatic carbocycles. The normalized spacial score (nSPS) is 15.9. The van der Waals surface area contributed by atoms with Gasteiger partial charge in [0.1, 0.15) is 6.04 Å². The van der Waals surface area contributed by atoms with E-state index in [1.165, 1.54) is 0 Å². The Labute approximate surface area is 219 Å². The van der Waals surface area contributed by atoms with Crippen molar-refractivity contribution < 1.29 is 19.5 Å². The molecule has 6 nitrogen and oxygen atoms in total. The summed E-state index contributed by atoms with van der Waals surface area (Å²) >= 11 is 6.08. The van der Waals surface area contributed by atoms with Crippen molar-refractivity contribution in [2.24, 2.45) is 0 Å². The number of carbonyl (C=O) groups is 3. The number of carboxylic acids is 1. The van der Waals surface area contributed by atoms with Crippen LogP contribution >= 0.6 is 11.6 Å². The lowest BCUT2D eigenvalue weighted by molar-refractivity contribution is -0.144. The molecule has 5 rings (SSSR count). The number of fused-ring (bicyclic) bond motifs is 1. The third-order valence-electron chi connectivity index (χ3n) is 6.47. The van der Waals surface area contributed by atoms with Crippen LogP contribution in [-0.2, 0) is 9.59 Å². The van der Waals surface area contributed by atoms with Gasteiger partial charge in [-0.1, -0.05) is 90.0 Å². The first-order valence-corrected chi connectivity index (χ1v) is 12.1. The van der Waals surface area contributed by atoms with Gasteiger partial charge in [-0.2, -0.15) is 0 Å². The van der Waals surface area contributed by atoms with E-state index in [-0.39, 0.29) is 5.56 Å². The molecular formula is C30H23ClN2O4. The fraction of sp³-hybridized carbons (Fsp3) is 0.100. The van der Waals surface area contributed by atoms with E-state index in [2.05, 4.69) is 5.32 Å². The third-order valence-corrected chi connectivity index (χ3v) is 6.72. The quantitative estimate of drug-likeness (QED) is 0.331. The summed E-state index contributed by atoms with van der Waals surface area (Å²) in [5.41, 5.74) is 4.14. The molecule has 2 amide bonds. The Bertz CT molecular complexity index is 1480. The zero-order valence-corrected chi connectivity index (χ0v) is 20.6. The van der Waals surface area contributed by atoms with Gasteiger partial charge in [0.05, 0.1) is 11.3 Å². The van der Waals surface area contributed by atoms with E-state index < -0.39 is 29.9 Å². The number of benzene rings is 4. The first kappa shape index (κ1) is 24.3. The molecule has 0 spiro atoms. The monoisotopic (exact) mass is 510 g/mol. The van der Waals surface area contributed by atoms with Gasteiger partial charge in [-0.15, -0.1) is 0 Å². The van der Waals surface area contributed by atoms with E-state index in [0.717, 1.165) is 21.6 Å².